The molecule has 1 aliphatic heterocycles. The molecule has 2 heterocycles. The van der Waals surface area contributed by atoms with Crippen LogP contribution in [0, 0.1) is 0 Å². The summed E-state index contributed by atoms with van der Waals surface area (Å²) in [5.41, 5.74) is 2.10. The molecule has 3 rings (SSSR count). The molecule has 0 saturated carbocycles. The maximum absolute atomic E-state index is 12.4. The van der Waals surface area contributed by atoms with Gasteiger partial charge in [0.05, 0.1) is 18.4 Å². The standard InChI is InChI=1S/C20H22N4O3/c1-3-27-20(26)17-12-22-24(14-17)18-10-9-16(13-23(18)2)19(25)21-11-15-7-5-4-6-8-15/h4-10,12,14H,3,11,13H2,1-2H3,(H,21,25). The lowest BCUT2D eigenvalue weighted by atomic mass is 10.1. The summed E-state index contributed by atoms with van der Waals surface area (Å²) in [5.74, 6) is 0.262. The first-order valence-corrected chi connectivity index (χ1v) is 8.74. The fourth-order valence-electron chi connectivity index (χ4n) is 2.75. The molecule has 27 heavy (non-hydrogen) atoms. The van der Waals surface area contributed by atoms with Gasteiger partial charge in [-0.05, 0) is 24.6 Å². The third-order valence-corrected chi connectivity index (χ3v) is 4.15. The van der Waals surface area contributed by atoms with Gasteiger partial charge in [0.25, 0.3) is 0 Å². The average Bonchev–Trinajstić information content (AvgIpc) is 3.17. The van der Waals surface area contributed by atoms with Crippen LogP contribution in [0.1, 0.15) is 22.8 Å². The number of carbonyl (C=O) groups excluding carboxylic acids is 2. The first-order chi connectivity index (χ1) is 13.1. The van der Waals surface area contributed by atoms with Gasteiger partial charge in [-0.25, -0.2) is 9.48 Å². The highest BCUT2D eigenvalue weighted by Crippen LogP contribution is 2.18. The van der Waals surface area contributed by atoms with E-state index in [2.05, 4.69) is 10.4 Å². The second-order valence-corrected chi connectivity index (χ2v) is 6.14. The summed E-state index contributed by atoms with van der Waals surface area (Å²) in [7, 11) is 1.87. The molecule has 7 heteroatoms. The Kier molecular flexibility index (Phi) is 5.71. The van der Waals surface area contributed by atoms with Crippen molar-refractivity contribution in [3.8, 4) is 0 Å². The summed E-state index contributed by atoms with van der Waals surface area (Å²) in [5, 5.41) is 7.15. The van der Waals surface area contributed by atoms with Gasteiger partial charge >= 0.3 is 5.97 Å². The summed E-state index contributed by atoms with van der Waals surface area (Å²) < 4.78 is 6.58. The first kappa shape index (κ1) is 18.4. The van der Waals surface area contributed by atoms with Gasteiger partial charge < -0.3 is 15.0 Å². The molecule has 0 radical (unpaired) electrons. The topological polar surface area (TPSA) is 76.5 Å². The molecule has 0 aliphatic carbocycles. The Balaban J connectivity index is 1.67. The van der Waals surface area contributed by atoms with Crippen molar-refractivity contribution in [3.05, 3.63) is 71.6 Å². The van der Waals surface area contributed by atoms with Crippen LogP contribution in [0.5, 0.6) is 0 Å². The van der Waals surface area contributed by atoms with Crippen molar-refractivity contribution in [3.63, 3.8) is 0 Å². The minimum absolute atomic E-state index is 0.103. The highest BCUT2D eigenvalue weighted by atomic mass is 16.5. The number of ether oxygens (including phenoxy) is 1. The lowest BCUT2D eigenvalue weighted by molar-refractivity contribution is -0.117. The zero-order valence-corrected chi connectivity index (χ0v) is 15.4. The Hall–Kier alpha value is -3.35. The Bertz CT molecular complexity index is 884. The van der Waals surface area contributed by atoms with Gasteiger partial charge in [-0.2, -0.15) is 5.10 Å². The zero-order chi connectivity index (χ0) is 19.2. The van der Waals surface area contributed by atoms with Crippen LogP contribution in [0.25, 0.3) is 5.82 Å². The molecule has 140 valence electrons. The van der Waals surface area contributed by atoms with Crippen molar-refractivity contribution in [2.45, 2.75) is 13.5 Å². The number of carbonyl (C=O) groups is 2. The lowest BCUT2D eigenvalue weighted by Crippen LogP contribution is -2.33. The van der Waals surface area contributed by atoms with E-state index in [0.29, 0.717) is 30.8 Å². The van der Waals surface area contributed by atoms with Crippen molar-refractivity contribution < 1.29 is 14.3 Å². The van der Waals surface area contributed by atoms with Crippen LogP contribution in [0.15, 0.2) is 60.5 Å². The number of hydrogen-bond acceptors (Lipinski definition) is 5. The second kappa shape index (κ2) is 8.35. The van der Waals surface area contributed by atoms with Gasteiger partial charge in [0, 0.05) is 31.9 Å². The Morgan fingerprint density at radius 3 is 2.70 bits per heavy atom. The molecule has 1 amide bonds. The highest BCUT2D eigenvalue weighted by Gasteiger charge is 2.20. The van der Waals surface area contributed by atoms with E-state index in [1.807, 2.05) is 48.4 Å². The van der Waals surface area contributed by atoms with Gasteiger partial charge in [-0.1, -0.05) is 30.3 Å². The molecular formula is C20H22N4O3. The van der Waals surface area contributed by atoms with Crippen LogP contribution in [0.2, 0.25) is 0 Å². The molecule has 0 bridgehead atoms. The molecule has 1 N–H and O–H groups in total. The van der Waals surface area contributed by atoms with E-state index >= 15 is 0 Å². The molecule has 0 spiro atoms. The number of allylic oxidation sites excluding steroid dienone is 2. The predicted octanol–water partition coefficient (Wildman–Crippen LogP) is 2.05. The third kappa shape index (κ3) is 4.44. The van der Waals surface area contributed by atoms with Crippen LogP contribution in [-0.4, -0.2) is 46.8 Å². The molecule has 0 unspecified atom stereocenters. The fourth-order valence-corrected chi connectivity index (χ4v) is 2.75. The number of aromatic nitrogens is 2. The predicted molar refractivity (Wildman–Crippen MR) is 101 cm³/mol. The molecule has 2 aromatic rings. The minimum atomic E-state index is -0.403. The van der Waals surface area contributed by atoms with E-state index in [9.17, 15) is 9.59 Å². The number of nitrogens with zero attached hydrogens (tertiary/aromatic N) is 3. The fraction of sp³-hybridized carbons (Fsp3) is 0.250. The van der Waals surface area contributed by atoms with E-state index < -0.39 is 5.97 Å². The first-order valence-electron chi connectivity index (χ1n) is 8.74. The lowest BCUT2D eigenvalue weighted by Gasteiger charge is -2.26. The SMILES string of the molecule is CCOC(=O)c1cnn(C2=CC=C(C(=O)NCc3ccccc3)CN2C)c1. The van der Waals surface area contributed by atoms with Crippen LogP contribution in [0.3, 0.4) is 0 Å². The second-order valence-electron chi connectivity index (χ2n) is 6.14. The molecule has 0 fully saturated rings. The van der Waals surface area contributed by atoms with E-state index in [-0.39, 0.29) is 5.91 Å². The van der Waals surface area contributed by atoms with E-state index in [1.165, 1.54) is 6.20 Å². The molecule has 0 saturated heterocycles. The number of rotatable bonds is 6. The van der Waals surface area contributed by atoms with Crippen molar-refractivity contribution in [2.75, 3.05) is 20.2 Å². The molecule has 1 aliphatic rings. The summed E-state index contributed by atoms with van der Waals surface area (Å²) in [6.45, 7) is 3.01. The summed E-state index contributed by atoms with van der Waals surface area (Å²) in [6, 6.07) is 9.77. The number of hydrogen-bond donors (Lipinski definition) is 1. The largest absolute Gasteiger partial charge is 0.462 e. The summed E-state index contributed by atoms with van der Waals surface area (Å²) in [4.78, 5) is 26.1. The summed E-state index contributed by atoms with van der Waals surface area (Å²) in [6.07, 6.45) is 6.68. The van der Waals surface area contributed by atoms with Gasteiger partial charge in [0.2, 0.25) is 5.91 Å². The molecular weight excluding hydrogens is 344 g/mol. The van der Waals surface area contributed by atoms with Crippen LogP contribution in [0.4, 0.5) is 0 Å². The Morgan fingerprint density at radius 2 is 2.00 bits per heavy atom. The van der Waals surface area contributed by atoms with E-state index in [0.717, 1.165) is 11.4 Å². The van der Waals surface area contributed by atoms with Crippen LogP contribution >= 0.6 is 0 Å². The van der Waals surface area contributed by atoms with E-state index in [1.54, 1.807) is 23.9 Å². The molecule has 7 nitrogen and oxygen atoms in total. The van der Waals surface area contributed by atoms with Gasteiger partial charge in [-0.3, -0.25) is 4.79 Å². The number of benzene rings is 1. The molecule has 1 aromatic carbocycles. The number of likely N-dealkylation sites (N-methyl/N-ethyl adjacent to an activating group) is 1. The quantitative estimate of drug-likeness (QED) is 0.792. The zero-order valence-electron chi connectivity index (χ0n) is 15.4. The van der Waals surface area contributed by atoms with Crippen molar-refractivity contribution in [1.82, 2.24) is 20.0 Å². The van der Waals surface area contributed by atoms with Crippen LogP contribution < -0.4 is 5.32 Å². The number of esters is 1. The summed E-state index contributed by atoms with van der Waals surface area (Å²) >= 11 is 0. The van der Waals surface area contributed by atoms with Crippen LogP contribution in [-0.2, 0) is 16.1 Å². The normalized spacial score (nSPS) is 13.6. The molecule has 0 atom stereocenters. The third-order valence-electron chi connectivity index (χ3n) is 4.15. The number of amides is 1. The van der Waals surface area contributed by atoms with E-state index in [4.69, 9.17) is 4.74 Å². The maximum Gasteiger partial charge on any atom is 0.341 e. The van der Waals surface area contributed by atoms with Gasteiger partial charge in [0.1, 0.15) is 5.82 Å². The smallest absolute Gasteiger partial charge is 0.341 e. The average molecular weight is 366 g/mol. The Labute approximate surface area is 157 Å². The molecule has 1 aromatic heterocycles. The van der Waals surface area contributed by atoms with Crippen molar-refractivity contribution in [1.29, 1.82) is 0 Å². The highest BCUT2D eigenvalue weighted by molar-refractivity contribution is 5.95. The monoisotopic (exact) mass is 366 g/mol. The van der Waals surface area contributed by atoms with Crippen molar-refractivity contribution >= 4 is 17.7 Å². The Morgan fingerprint density at radius 1 is 1.22 bits per heavy atom. The van der Waals surface area contributed by atoms with Gasteiger partial charge in [0.15, 0.2) is 0 Å². The number of nitrogens with one attached hydrogen (secondary N) is 1. The van der Waals surface area contributed by atoms with Gasteiger partial charge in [-0.15, -0.1) is 0 Å². The van der Waals surface area contributed by atoms with Crippen molar-refractivity contribution in [2.24, 2.45) is 0 Å². The minimum Gasteiger partial charge on any atom is -0.462 e. The maximum atomic E-state index is 12.4.